The summed E-state index contributed by atoms with van der Waals surface area (Å²) in [7, 11) is 1.57. The number of nitro benzene ring substituents is 1. The van der Waals surface area contributed by atoms with E-state index >= 15 is 0 Å². The predicted octanol–water partition coefficient (Wildman–Crippen LogP) is 5.41. The van der Waals surface area contributed by atoms with Crippen molar-refractivity contribution in [3.8, 4) is 28.3 Å². The van der Waals surface area contributed by atoms with Gasteiger partial charge in [-0.2, -0.15) is 5.10 Å². The third kappa shape index (κ3) is 6.28. The highest BCUT2D eigenvalue weighted by Gasteiger charge is 2.13. The molecule has 0 atom stereocenters. The van der Waals surface area contributed by atoms with Crippen LogP contribution in [0.25, 0.3) is 22.5 Å². The number of benzene rings is 3. The number of aromatic nitrogens is 2. The molecule has 4 rings (SSSR count). The number of rotatable bonds is 7. The number of nitrogens with one attached hydrogen (secondary N) is 2. The van der Waals surface area contributed by atoms with Gasteiger partial charge < -0.3 is 4.74 Å². The van der Waals surface area contributed by atoms with Crippen LogP contribution in [0.5, 0.6) is 5.75 Å². The molecule has 10 nitrogen and oxygen atoms in total. The zero-order chi connectivity index (χ0) is 26.4. The van der Waals surface area contributed by atoms with Gasteiger partial charge in [0.05, 0.1) is 29.1 Å². The highest BCUT2D eigenvalue weighted by molar-refractivity contribution is 5.99. The summed E-state index contributed by atoms with van der Waals surface area (Å²) in [5, 5.41) is 17.6. The quantitative estimate of drug-likeness (QED) is 0.198. The molecule has 1 heterocycles. The molecule has 37 heavy (non-hydrogen) atoms. The maximum atomic E-state index is 13.4. The van der Waals surface area contributed by atoms with E-state index in [2.05, 4.69) is 25.8 Å². The maximum Gasteiger partial charge on any atom is 0.342 e. The molecule has 0 unspecified atom stereocenters. The van der Waals surface area contributed by atoms with Crippen LogP contribution in [-0.4, -0.2) is 33.7 Å². The molecule has 0 saturated heterocycles. The van der Waals surface area contributed by atoms with Crippen LogP contribution < -0.4 is 15.5 Å². The number of methoxy groups -OCH3 is 1. The first-order chi connectivity index (χ1) is 17.8. The van der Waals surface area contributed by atoms with E-state index in [4.69, 9.17) is 4.74 Å². The fourth-order valence-corrected chi connectivity index (χ4v) is 3.33. The Bertz CT molecular complexity index is 1460. The monoisotopic (exact) mass is 500 g/mol. The van der Waals surface area contributed by atoms with Gasteiger partial charge in [-0.15, -0.1) is 0 Å². The van der Waals surface area contributed by atoms with Crippen molar-refractivity contribution in [2.75, 3.05) is 12.4 Å². The molecule has 0 radical (unpaired) electrons. The van der Waals surface area contributed by atoms with Crippen molar-refractivity contribution >= 4 is 23.4 Å². The van der Waals surface area contributed by atoms with Gasteiger partial charge in [0.2, 0.25) is 5.95 Å². The Hall–Kier alpha value is -5.19. The Morgan fingerprint density at radius 2 is 1.51 bits per heavy atom. The second-order valence-corrected chi connectivity index (χ2v) is 7.76. The van der Waals surface area contributed by atoms with E-state index in [0.717, 1.165) is 5.56 Å². The molecule has 0 bridgehead atoms. The number of carbonyl (C=O) groups is 1. The molecule has 186 valence electrons. The van der Waals surface area contributed by atoms with Gasteiger partial charge in [0, 0.05) is 23.3 Å². The van der Waals surface area contributed by atoms with Gasteiger partial charge in [-0.3, -0.25) is 15.4 Å². The molecule has 0 aliphatic carbocycles. The number of hydrazone groups is 1. The number of urea groups is 1. The number of non-ortho nitro benzene ring substituents is 1. The number of anilines is 1. The summed E-state index contributed by atoms with van der Waals surface area (Å²) in [6.07, 6.45) is 0. The number of hydrogen-bond acceptors (Lipinski definition) is 7. The first kappa shape index (κ1) is 24.9. The van der Waals surface area contributed by atoms with E-state index < -0.39 is 16.8 Å². The highest BCUT2D eigenvalue weighted by atomic mass is 19.1. The van der Waals surface area contributed by atoms with Gasteiger partial charge in [-0.05, 0) is 79.2 Å². The van der Waals surface area contributed by atoms with Crippen LogP contribution in [0.2, 0.25) is 0 Å². The summed E-state index contributed by atoms with van der Waals surface area (Å²) in [6.45, 7) is 1.74. The fourth-order valence-electron chi connectivity index (χ4n) is 3.33. The molecule has 0 spiro atoms. The van der Waals surface area contributed by atoms with E-state index in [1.807, 2.05) is 12.1 Å². The second-order valence-electron chi connectivity index (χ2n) is 7.76. The normalized spacial score (nSPS) is 11.1. The van der Waals surface area contributed by atoms with Crippen LogP contribution in [-0.2, 0) is 0 Å². The van der Waals surface area contributed by atoms with Crippen molar-refractivity contribution in [2.24, 2.45) is 5.10 Å². The third-order valence-electron chi connectivity index (χ3n) is 5.30. The standard InChI is InChI=1S/C26H21FN6O4/c1-16(17-7-13-22(37-2)14-8-17)31-32-26(34)30-25-28-23(18-3-9-20(27)10-4-18)15-24(29-25)19-5-11-21(12-6-19)33(35)36/h3-15H,1-2H3,(H2,28,29,30,32,34)/b31-16-. The van der Waals surface area contributed by atoms with Crippen LogP contribution in [0, 0.1) is 15.9 Å². The Labute approximate surface area is 211 Å². The van der Waals surface area contributed by atoms with E-state index in [1.54, 1.807) is 56.5 Å². The second kappa shape index (κ2) is 11.0. The first-order valence-electron chi connectivity index (χ1n) is 11.0. The SMILES string of the molecule is COc1ccc(/C(C)=N\NC(=O)Nc2nc(-c3ccc(F)cc3)cc(-c3ccc([N+](=O)[O-])cc3)n2)cc1. The number of halogens is 1. The molecule has 3 aromatic carbocycles. The van der Waals surface area contributed by atoms with E-state index in [-0.39, 0.29) is 11.6 Å². The van der Waals surface area contributed by atoms with Crippen molar-refractivity contribution in [2.45, 2.75) is 6.92 Å². The Morgan fingerprint density at radius 1 is 0.946 bits per heavy atom. The van der Waals surface area contributed by atoms with Crippen molar-refractivity contribution in [1.29, 1.82) is 0 Å². The largest absolute Gasteiger partial charge is 0.497 e. The van der Waals surface area contributed by atoms with E-state index in [1.165, 1.54) is 24.3 Å². The Kier molecular flexibility index (Phi) is 7.43. The average molecular weight is 500 g/mol. The van der Waals surface area contributed by atoms with Crippen molar-refractivity contribution in [3.63, 3.8) is 0 Å². The lowest BCUT2D eigenvalue weighted by Gasteiger charge is -2.10. The average Bonchev–Trinajstić information content (AvgIpc) is 2.92. The van der Waals surface area contributed by atoms with Crippen LogP contribution in [0.15, 0.2) is 84.0 Å². The molecule has 11 heteroatoms. The molecule has 0 fully saturated rings. The van der Waals surface area contributed by atoms with Gasteiger partial charge in [-0.1, -0.05) is 0 Å². The molecule has 2 N–H and O–H groups in total. The lowest BCUT2D eigenvalue weighted by atomic mass is 10.1. The summed E-state index contributed by atoms with van der Waals surface area (Å²) in [5.74, 6) is 0.255. The van der Waals surface area contributed by atoms with E-state index in [0.29, 0.717) is 34.0 Å². The van der Waals surface area contributed by atoms with Crippen molar-refractivity contribution in [1.82, 2.24) is 15.4 Å². The van der Waals surface area contributed by atoms with Crippen LogP contribution >= 0.6 is 0 Å². The number of nitro groups is 1. The molecule has 2 amide bonds. The number of carbonyl (C=O) groups excluding carboxylic acids is 1. The minimum atomic E-state index is -0.682. The molecule has 0 saturated carbocycles. The minimum Gasteiger partial charge on any atom is -0.497 e. The maximum absolute atomic E-state index is 13.4. The van der Waals surface area contributed by atoms with Crippen LogP contribution in [0.3, 0.4) is 0 Å². The van der Waals surface area contributed by atoms with Gasteiger partial charge in [-0.25, -0.2) is 24.6 Å². The predicted molar refractivity (Wildman–Crippen MR) is 137 cm³/mol. The van der Waals surface area contributed by atoms with Crippen LogP contribution in [0.1, 0.15) is 12.5 Å². The number of ether oxygens (including phenoxy) is 1. The lowest BCUT2D eigenvalue weighted by Crippen LogP contribution is -2.26. The number of amides is 2. The topological polar surface area (TPSA) is 132 Å². The zero-order valence-electron chi connectivity index (χ0n) is 19.8. The smallest absolute Gasteiger partial charge is 0.342 e. The molecular formula is C26H21FN6O4. The van der Waals surface area contributed by atoms with Gasteiger partial charge >= 0.3 is 6.03 Å². The van der Waals surface area contributed by atoms with Gasteiger partial charge in [0.15, 0.2) is 0 Å². The molecule has 1 aromatic heterocycles. The third-order valence-corrected chi connectivity index (χ3v) is 5.30. The fraction of sp³-hybridized carbons (Fsp3) is 0.0769. The molecule has 4 aromatic rings. The number of nitrogens with zero attached hydrogens (tertiary/aromatic N) is 4. The first-order valence-corrected chi connectivity index (χ1v) is 11.0. The number of hydrogen-bond donors (Lipinski definition) is 2. The Morgan fingerprint density at radius 3 is 2.05 bits per heavy atom. The van der Waals surface area contributed by atoms with E-state index in [9.17, 15) is 19.3 Å². The molecular weight excluding hydrogens is 479 g/mol. The van der Waals surface area contributed by atoms with Gasteiger partial charge in [0.1, 0.15) is 11.6 Å². The molecule has 0 aliphatic heterocycles. The van der Waals surface area contributed by atoms with Crippen LogP contribution in [0.4, 0.5) is 20.8 Å². The lowest BCUT2D eigenvalue weighted by molar-refractivity contribution is -0.384. The summed E-state index contributed by atoms with van der Waals surface area (Å²) in [6, 6.07) is 19.6. The summed E-state index contributed by atoms with van der Waals surface area (Å²) >= 11 is 0. The summed E-state index contributed by atoms with van der Waals surface area (Å²) in [4.78, 5) is 31.8. The summed E-state index contributed by atoms with van der Waals surface area (Å²) < 4.78 is 18.6. The molecule has 0 aliphatic rings. The van der Waals surface area contributed by atoms with Gasteiger partial charge in [0.25, 0.3) is 5.69 Å². The highest BCUT2D eigenvalue weighted by Crippen LogP contribution is 2.27. The summed E-state index contributed by atoms with van der Waals surface area (Å²) in [5.41, 5.74) is 5.65. The minimum absolute atomic E-state index is 0.0371. The van der Waals surface area contributed by atoms with Crippen molar-refractivity contribution in [3.05, 3.63) is 100 Å². The van der Waals surface area contributed by atoms with Crippen molar-refractivity contribution < 1.29 is 18.8 Å². The zero-order valence-corrected chi connectivity index (χ0v) is 19.8. The Balaban J connectivity index is 1.59.